The zero-order chi connectivity index (χ0) is 14.9. The molecule has 1 aromatic carbocycles. The summed E-state index contributed by atoms with van der Waals surface area (Å²) in [6.45, 7) is 2.02. The summed E-state index contributed by atoms with van der Waals surface area (Å²) in [6, 6.07) is 4.69. The van der Waals surface area contributed by atoms with E-state index in [1.807, 2.05) is 19.0 Å². The predicted octanol–water partition coefficient (Wildman–Crippen LogP) is 2.08. The Labute approximate surface area is 116 Å². The van der Waals surface area contributed by atoms with Crippen molar-refractivity contribution in [3.8, 4) is 5.69 Å². The molecule has 2 aromatic rings. The maximum atomic E-state index is 14.0. The number of hydrogen-bond acceptors (Lipinski definition) is 3. The Morgan fingerprint density at radius 3 is 2.70 bits per heavy atom. The molecule has 0 spiro atoms. The number of carboxylic acids is 1. The van der Waals surface area contributed by atoms with E-state index in [0.29, 0.717) is 23.5 Å². The van der Waals surface area contributed by atoms with Crippen LogP contribution in [0, 0.1) is 12.7 Å². The van der Waals surface area contributed by atoms with Crippen LogP contribution in [0.2, 0.25) is 0 Å². The lowest BCUT2D eigenvalue weighted by atomic mass is 10.1. The van der Waals surface area contributed by atoms with Gasteiger partial charge in [-0.1, -0.05) is 6.07 Å². The molecule has 106 valence electrons. The van der Waals surface area contributed by atoms with Gasteiger partial charge < -0.3 is 10.0 Å². The van der Waals surface area contributed by atoms with Crippen molar-refractivity contribution in [1.29, 1.82) is 0 Å². The molecular formula is C14H16FN3O2. The van der Waals surface area contributed by atoms with Gasteiger partial charge in [-0.2, -0.15) is 5.10 Å². The van der Waals surface area contributed by atoms with Gasteiger partial charge in [-0.25, -0.2) is 13.9 Å². The average molecular weight is 277 g/mol. The number of nitrogens with zero attached hydrogens (tertiary/aromatic N) is 3. The predicted molar refractivity (Wildman–Crippen MR) is 72.6 cm³/mol. The molecule has 0 atom stereocenters. The molecule has 0 saturated carbocycles. The van der Waals surface area contributed by atoms with Crippen LogP contribution in [-0.4, -0.2) is 39.9 Å². The zero-order valence-corrected chi connectivity index (χ0v) is 11.6. The standard InChI is InChI=1S/C14H16FN3O2/c1-9-10(14(19)20)8-18(16-9)13-6-4-5-12(15)11(13)7-17(2)3/h4-6,8H,7H2,1-3H3,(H,19,20). The minimum atomic E-state index is -1.04. The maximum Gasteiger partial charge on any atom is 0.339 e. The van der Waals surface area contributed by atoms with Crippen LogP contribution >= 0.6 is 0 Å². The van der Waals surface area contributed by atoms with Crippen molar-refractivity contribution >= 4 is 5.97 Å². The van der Waals surface area contributed by atoms with Crippen LogP contribution in [0.25, 0.3) is 5.69 Å². The van der Waals surface area contributed by atoms with Gasteiger partial charge in [-0.15, -0.1) is 0 Å². The normalized spacial score (nSPS) is 11.1. The molecule has 0 fully saturated rings. The van der Waals surface area contributed by atoms with Gasteiger partial charge in [-0.05, 0) is 33.2 Å². The minimum absolute atomic E-state index is 0.116. The Hall–Kier alpha value is -2.21. The summed E-state index contributed by atoms with van der Waals surface area (Å²) < 4.78 is 15.4. The van der Waals surface area contributed by atoms with Crippen molar-refractivity contribution in [1.82, 2.24) is 14.7 Å². The molecule has 1 heterocycles. The first-order valence-corrected chi connectivity index (χ1v) is 6.12. The van der Waals surface area contributed by atoms with Crippen molar-refractivity contribution in [2.24, 2.45) is 0 Å². The third kappa shape index (κ3) is 2.70. The first-order chi connectivity index (χ1) is 9.40. The highest BCUT2D eigenvalue weighted by atomic mass is 19.1. The van der Waals surface area contributed by atoms with Gasteiger partial charge in [0, 0.05) is 18.3 Å². The Kier molecular flexibility index (Phi) is 3.85. The largest absolute Gasteiger partial charge is 0.478 e. The van der Waals surface area contributed by atoms with E-state index in [9.17, 15) is 9.18 Å². The summed E-state index contributed by atoms with van der Waals surface area (Å²) in [6.07, 6.45) is 1.41. The number of rotatable bonds is 4. The molecule has 0 amide bonds. The Balaban J connectivity index is 2.55. The number of aryl methyl sites for hydroxylation is 1. The summed E-state index contributed by atoms with van der Waals surface area (Å²) >= 11 is 0. The third-order valence-corrected chi connectivity index (χ3v) is 2.94. The maximum absolute atomic E-state index is 14.0. The van der Waals surface area contributed by atoms with E-state index in [1.54, 1.807) is 19.1 Å². The van der Waals surface area contributed by atoms with Crippen molar-refractivity contribution in [2.75, 3.05) is 14.1 Å². The number of aromatic nitrogens is 2. The van der Waals surface area contributed by atoms with E-state index in [2.05, 4.69) is 5.10 Å². The first-order valence-electron chi connectivity index (χ1n) is 6.12. The Morgan fingerprint density at radius 1 is 1.45 bits per heavy atom. The van der Waals surface area contributed by atoms with Gasteiger partial charge in [0.25, 0.3) is 0 Å². The third-order valence-electron chi connectivity index (χ3n) is 2.94. The molecule has 0 aliphatic heterocycles. The summed E-state index contributed by atoms with van der Waals surface area (Å²) in [4.78, 5) is 12.9. The van der Waals surface area contributed by atoms with Crippen LogP contribution in [-0.2, 0) is 6.54 Å². The number of carbonyl (C=O) groups is 1. The van der Waals surface area contributed by atoms with Crippen LogP contribution in [0.5, 0.6) is 0 Å². The molecule has 0 bridgehead atoms. The lowest BCUT2D eigenvalue weighted by molar-refractivity contribution is 0.0696. The SMILES string of the molecule is Cc1nn(-c2cccc(F)c2CN(C)C)cc1C(=O)O. The monoisotopic (exact) mass is 277 g/mol. The fourth-order valence-electron chi connectivity index (χ4n) is 2.03. The van der Waals surface area contributed by atoms with Crippen molar-refractivity contribution in [3.05, 3.63) is 47.0 Å². The van der Waals surface area contributed by atoms with Crippen LogP contribution < -0.4 is 0 Å². The zero-order valence-electron chi connectivity index (χ0n) is 11.6. The molecule has 0 unspecified atom stereocenters. The van der Waals surface area contributed by atoms with Gasteiger partial charge >= 0.3 is 5.97 Å². The minimum Gasteiger partial charge on any atom is -0.478 e. The molecule has 5 nitrogen and oxygen atoms in total. The van der Waals surface area contributed by atoms with Crippen molar-refractivity contribution in [2.45, 2.75) is 13.5 Å². The number of hydrogen-bond donors (Lipinski definition) is 1. The lowest BCUT2D eigenvalue weighted by Crippen LogP contribution is -2.15. The van der Waals surface area contributed by atoms with Gasteiger partial charge in [0.1, 0.15) is 11.4 Å². The second kappa shape index (κ2) is 5.42. The van der Waals surface area contributed by atoms with Gasteiger partial charge in [0.05, 0.1) is 11.4 Å². The van der Waals surface area contributed by atoms with Gasteiger partial charge in [-0.3, -0.25) is 0 Å². The Morgan fingerprint density at radius 2 is 2.15 bits per heavy atom. The Bertz CT molecular complexity index is 650. The van der Waals surface area contributed by atoms with Crippen molar-refractivity contribution in [3.63, 3.8) is 0 Å². The average Bonchev–Trinajstić information content (AvgIpc) is 2.73. The van der Waals surface area contributed by atoms with E-state index >= 15 is 0 Å². The van der Waals surface area contributed by atoms with Gasteiger partial charge in [0.15, 0.2) is 0 Å². The summed E-state index contributed by atoms with van der Waals surface area (Å²) in [5, 5.41) is 13.2. The smallest absolute Gasteiger partial charge is 0.339 e. The summed E-state index contributed by atoms with van der Waals surface area (Å²) in [5.74, 6) is -1.37. The summed E-state index contributed by atoms with van der Waals surface area (Å²) in [7, 11) is 3.68. The molecule has 20 heavy (non-hydrogen) atoms. The van der Waals surface area contributed by atoms with E-state index in [0.717, 1.165) is 0 Å². The van der Waals surface area contributed by atoms with E-state index in [4.69, 9.17) is 5.11 Å². The number of carboxylic acid groups (broad SMARTS) is 1. The second-order valence-corrected chi connectivity index (χ2v) is 4.85. The lowest BCUT2D eigenvalue weighted by Gasteiger charge is -2.14. The van der Waals surface area contributed by atoms with Crippen LogP contribution in [0.3, 0.4) is 0 Å². The first kappa shape index (κ1) is 14.2. The molecule has 1 N–H and O–H groups in total. The molecule has 0 aliphatic rings. The number of aromatic carboxylic acids is 1. The van der Waals surface area contributed by atoms with Crippen molar-refractivity contribution < 1.29 is 14.3 Å². The van der Waals surface area contributed by atoms with Gasteiger partial charge in [0.2, 0.25) is 0 Å². The van der Waals surface area contributed by atoms with Crippen LogP contribution in [0.15, 0.2) is 24.4 Å². The quantitative estimate of drug-likeness (QED) is 0.929. The molecule has 0 saturated heterocycles. The fourth-order valence-corrected chi connectivity index (χ4v) is 2.03. The molecule has 6 heteroatoms. The van der Waals surface area contributed by atoms with Crippen LogP contribution in [0.1, 0.15) is 21.6 Å². The van der Waals surface area contributed by atoms with E-state index < -0.39 is 5.97 Å². The van der Waals surface area contributed by atoms with E-state index in [1.165, 1.54) is 16.9 Å². The summed E-state index contributed by atoms with van der Waals surface area (Å²) in [5.41, 5.74) is 1.55. The topological polar surface area (TPSA) is 58.4 Å². The molecule has 2 rings (SSSR count). The number of benzene rings is 1. The fraction of sp³-hybridized carbons (Fsp3) is 0.286. The van der Waals surface area contributed by atoms with E-state index in [-0.39, 0.29) is 11.4 Å². The second-order valence-electron chi connectivity index (χ2n) is 4.85. The highest BCUT2D eigenvalue weighted by Crippen LogP contribution is 2.20. The van der Waals surface area contributed by atoms with Crippen LogP contribution in [0.4, 0.5) is 4.39 Å². The number of halogens is 1. The molecular weight excluding hydrogens is 261 g/mol. The molecule has 0 aliphatic carbocycles. The molecule has 0 radical (unpaired) electrons. The highest BCUT2D eigenvalue weighted by molar-refractivity contribution is 5.88. The molecule has 1 aromatic heterocycles. The highest BCUT2D eigenvalue weighted by Gasteiger charge is 2.16.